The Bertz CT molecular complexity index is 516. The van der Waals surface area contributed by atoms with Crippen LogP contribution in [-0.4, -0.2) is 0 Å². The number of halogens is 3. The molecule has 0 N–H and O–H groups in total. The highest BCUT2D eigenvalue weighted by molar-refractivity contribution is 5.35. The van der Waals surface area contributed by atoms with E-state index in [9.17, 15) is 13.2 Å². The van der Waals surface area contributed by atoms with Crippen LogP contribution in [0, 0.1) is 35.2 Å². The summed E-state index contributed by atoms with van der Waals surface area (Å²) in [6, 6.07) is 1.20. The first-order valence-corrected chi connectivity index (χ1v) is 8.25. The third-order valence-electron chi connectivity index (χ3n) is 5.56. The van der Waals surface area contributed by atoms with E-state index in [0.717, 1.165) is 5.92 Å². The Morgan fingerprint density at radius 2 is 1.67 bits per heavy atom. The molecule has 1 unspecified atom stereocenters. The second kappa shape index (κ2) is 6.02. The first-order valence-electron chi connectivity index (χ1n) is 8.25. The van der Waals surface area contributed by atoms with Crippen LogP contribution in [0.4, 0.5) is 13.2 Å². The van der Waals surface area contributed by atoms with Crippen molar-refractivity contribution in [3.63, 3.8) is 0 Å². The van der Waals surface area contributed by atoms with Crippen molar-refractivity contribution in [3.05, 3.63) is 34.6 Å². The van der Waals surface area contributed by atoms with Crippen LogP contribution in [0.2, 0.25) is 0 Å². The maximum Gasteiger partial charge on any atom is 0.194 e. The first kappa shape index (κ1) is 14.9. The molecule has 1 saturated carbocycles. The Morgan fingerprint density at radius 3 is 2.33 bits per heavy atom. The van der Waals surface area contributed by atoms with Crippen molar-refractivity contribution in [3.8, 4) is 0 Å². The first-order chi connectivity index (χ1) is 10.1. The zero-order valence-corrected chi connectivity index (χ0v) is 12.6. The van der Waals surface area contributed by atoms with E-state index in [0.29, 0.717) is 35.8 Å². The number of rotatable bonds is 3. The highest BCUT2D eigenvalue weighted by atomic mass is 19.2. The molecule has 0 aliphatic heterocycles. The van der Waals surface area contributed by atoms with Crippen LogP contribution in [0.25, 0.3) is 0 Å². The van der Waals surface area contributed by atoms with Gasteiger partial charge in [-0.05, 0) is 60.6 Å². The highest BCUT2D eigenvalue weighted by Crippen LogP contribution is 2.42. The van der Waals surface area contributed by atoms with E-state index in [1.807, 2.05) is 0 Å². The van der Waals surface area contributed by atoms with Crippen molar-refractivity contribution in [2.75, 3.05) is 0 Å². The molecule has 21 heavy (non-hydrogen) atoms. The van der Waals surface area contributed by atoms with Gasteiger partial charge < -0.3 is 0 Å². The van der Waals surface area contributed by atoms with Crippen LogP contribution >= 0.6 is 0 Å². The van der Waals surface area contributed by atoms with Crippen molar-refractivity contribution < 1.29 is 13.2 Å². The van der Waals surface area contributed by atoms with Crippen molar-refractivity contribution in [2.45, 2.75) is 58.3 Å². The average molecular weight is 296 g/mol. The summed E-state index contributed by atoms with van der Waals surface area (Å²) in [6.07, 6.45) is 8.75. The predicted octanol–water partition coefficient (Wildman–Crippen LogP) is 5.43. The summed E-state index contributed by atoms with van der Waals surface area (Å²) in [5, 5.41) is 0. The van der Waals surface area contributed by atoms with Crippen LogP contribution in [0.3, 0.4) is 0 Å². The van der Waals surface area contributed by atoms with Gasteiger partial charge in [-0.15, -0.1) is 0 Å². The van der Waals surface area contributed by atoms with Gasteiger partial charge in [0.15, 0.2) is 17.5 Å². The Balaban J connectivity index is 1.67. The van der Waals surface area contributed by atoms with Gasteiger partial charge in [-0.2, -0.15) is 0 Å². The molecular formula is C18H23F3. The van der Waals surface area contributed by atoms with Gasteiger partial charge in [0.25, 0.3) is 0 Å². The lowest BCUT2D eigenvalue weighted by molar-refractivity contribution is 0.201. The summed E-state index contributed by atoms with van der Waals surface area (Å²) < 4.78 is 40.5. The van der Waals surface area contributed by atoms with Crippen molar-refractivity contribution in [1.29, 1.82) is 0 Å². The van der Waals surface area contributed by atoms with E-state index in [2.05, 4.69) is 6.92 Å². The fourth-order valence-electron chi connectivity index (χ4n) is 4.39. The van der Waals surface area contributed by atoms with Crippen molar-refractivity contribution in [2.24, 2.45) is 17.8 Å². The molecule has 0 aromatic heterocycles. The van der Waals surface area contributed by atoms with Crippen molar-refractivity contribution in [1.82, 2.24) is 0 Å². The Labute approximate surface area is 124 Å². The lowest BCUT2D eigenvalue weighted by atomic mass is 9.74. The highest BCUT2D eigenvalue weighted by Gasteiger charge is 2.34. The van der Waals surface area contributed by atoms with Crippen LogP contribution in [-0.2, 0) is 12.8 Å². The minimum Gasteiger partial charge on any atom is -0.204 e. The normalized spacial score (nSPS) is 28.7. The van der Waals surface area contributed by atoms with E-state index in [4.69, 9.17) is 0 Å². The van der Waals surface area contributed by atoms with E-state index in [1.54, 1.807) is 0 Å². The fourth-order valence-corrected chi connectivity index (χ4v) is 4.39. The molecule has 1 aromatic rings. The summed E-state index contributed by atoms with van der Waals surface area (Å²) in [5.41, 5.74) is 1.11. The summed E-state index contributed by atoms with van der Waals surface area (Å²) in [5.74, 6) is -1.48. The van der Waals surface area contributed by atoms with Gasteiger partial charge >= 0.3 is 0 Å². The zero-order chi connectivity index (χ0) is 15.0. The lowest BCUT2D eigenvalue weighted by Gasteiger charge is -2.32. The second-order valence-corrected chi connectivity index (χ2v) is 6.86. The predicted molar refractivity (Wildman–Crippen MR) is 77.6 cm³/mol. The van der Waals surface area contributed by atoms with Crippen LogP contribution in [0.5, 0.6) is 0 Å². The maximum absolute atomic E-state index is 13.9. The SMILES string of the molecule is CCCC1CCC(C2Cc3cc(F)c(F)c(F)c3C2)CC1. The minimum atomic E-state index is -1.30. The van der Waals surface area contributed by atoms with Gasteiger partial charge in [-0.1, -0.05) is 32.6 Å². The third-order valence-corrected chi connectivity index (χ3v) is 5.56. The fraction of sp³-hybridized carbons (Fsp3) is 0.667. The Morgan fingerprint density at radius 1 is 0.952 bits per heavy atom. The molecule has 116 valence electrons. The zero-order valence-electron chi connectivity index (χ0n) is 12.6. The molecule has 2 aliphatic rings. The van der Waals surface area contributed by atoms with Crippen LogP contribution in [0.1, 0.15) is 56.6 Å². The second-order valence-electron chi connectivity index (χ2n) is 6.86. The molecule has 3 rings (SSSR count). The minimum absolute atomic E-state index is 0.373. The quantitative estimate of drug-likeness (QED) is 0.653. The van der Waals surface area contributed by atoms with Gasteiger partial charge in [0.05, 0.1) is 0 Å². The van der Waals surface area contributed by atoms with Crippen LogP contribution < -0.4 is 0 Å². The topological polar surface area (TPSA) is 0 Å². The standard InChI is InChI=1S/C18H23F3/c1-2-3-11-4-6-12(7-5-11)13-8-14-10-16(19)18(21)17(20)15(14)9-13/h10-13H,2-9H2,1H3. The molecule has 2 aliphatic carbocycles. The molecule has 1 aromatic carbocycles. The molecule has 0 heterocycles. The van der Waals surface area contributed by atoms with Gasteiger partial charge in [0.1, 0.15) is 0 Å². The summed E-state index contributed by atoms with van der Waals surface area (Å²) in [4.78, 5) is 0. The van der Waals surface area contributed by atoms with E-state index < -0.39 is 17.5 Å². The van der Waals surface area contributed by atoms with Gasteiger partial charge in [-0.25, -0.2) is 13.2 Å². The lowest BCUT2D eigenvalue weighted by Crippen LogP contribution is -2.22. The van der Waals surface area contributed by atoms with Gasteiger partial charge in [-0.3, -0.25) is 0 Å². The number of hydrogen-bond acceptors (Lipinski definition) is 0. The summed E-state index contributed by atoms with van der Waals surface area (Å²) >= 11 is 0. The number of hydrogen-bond donors (Lipinski definition) is 0. The van der Waals surface area contributed by atoms with E-state index in [-0.39, 0.29) is 0 Å². The Kier molecular flexibility index (Phi) is 4.28. The van der Waals surface area contributed by atoms with Crippen LogP contribution in [0.15, 0.2) is 6.07 Å². The Hall–Kier alpha value is -0.990. The number of benzene rings is 1. The molecule has 3 heteroatoms. The molecular weight excluding hydrogens is 273 g/mol. The van der Waals surface area contributed by atoms with E-state index >= 15 is 0 Å². The smallest absolute Gasteiger partial charge is 0.194 e. The maximum atomic E-state index is 13.9. The molecule has 0 spiro atoms. The summed E-state index contributed by atoms with van der Waals surface area (Å²) in [7, 11) is 0. The number of fused-ring (bicyclic) bond motifs is 1. The molecule has 0 saturated heterocycles. The molecule has 1 fully saturated rings. The summed E-state index contributed by atoms with van der Waals surface area (Å²) in [6.45, 7) is 2.23. The molecule has 0 bridgehead atoms. The molecule has 0 nitrogen and oxygen atoms in total. The third kappa shape index (κ3) is 2.84. The molecule has 0 radical (unpaired) electrons. The van der Waals surface area contributed by atoms with Gasteiger partial charge in [0.2, 0.25) is 0 Å². The molecule has 1 atom stereocenters. The molecule has 0 amide bonds. The van der Waals surface area contributed by atoms with Crippen molar-refractivity contribution >= 4 is 0 Å². The van der Waals surface area contributed by atoms with E-state index in [1.165, 1.54) is 44.6 Å². The van der Waals surface area contributed by atoms with Gasteiger partial charge in [0, 0.05) is 0 Å². The average Bonchev–Trinajstić information content (AvgIpc) is 2.90. The largest absolute Gasteiger partial charge is 0.204 e. The monoisotopic (exact) mass is 296 g/mol.